The third kappa shape index (κ3) is 1.45. The number of hydrogen-bond acceptors (Lipinski definition) is 4. The minimum atomic E-state index is -0.0664. The second-order valence-electron chi connectivity index (χ2n) is 3.20. The van der Waals surface area contributed by atoms with Gasteiger partial charge in [0.05, 0.1) is 12.3 Å². The lowest BCUT2D eigenvalue weighted by atomic mass is 10.1. The van der Waals surface area contributed by atoms with Gasteiger partial charge in [-0.15, -0.1) is 5.10 Å². The number of aliphatic hydroxyl groups is 1. The Morgan fingerprint density at radius 3 is 3.15 bits per heavy atom. The summed E-state index contributed by atoms with van der Waals surface area (Å²) in [6, 6.07) is 0. The number of aromatic nitrogens is 3. The van der Waals surface area contributed by atoms with Gasteiger partial charge in [-0.1, -0.05) is 5.21 Å². The topological polar surface area (TPSA) is 60.2 Å². The highest BCUT2D eigenvalue weighted by molar-refractivity contribution is 5.13. The molecule has 1 N–H and O–H groups in total. The second-order valence-corrected chi connectivity index (χ2v) is 3.20. The summed E-state index contributed by atoms with van der Waals surface area (Å²) < 4.78 is 7.19. The van der Waals surface area contributed by atoms with E-state index in [1.807, 2.05) is 7.05 Å². The third-order valence-corrected chi connectivity index (χ3v) is 2.33. The molecule has 0 aliphatic carbocycles. The van der Waals surface area contributed by atoms with Crippen LogP contribution in [0, 0.1) is 0 Å². The van der Waals surface area contributed by atoms with E-state index < -0.39 is 0 Å². The van der Waals surface area contributed by atoms with Crippen molar-refractivity contribution >= 4 is 0 Å². The number of aryl methyl sites for hydroxylation is 1. The van der Waals surface area contributed by atoms with Crippen molar-refractivity contribution in [2.75, 3.05) is 6.61 Å². The Hall–Kier alpha value is -0.940. The van der Waals surface area contributed by atoms with Crippen LogP contribution in [0.25, 0.3) is 0 Å². The largest absolute Gasteiger partial charge is 0.390 e. The van der Waals surface area contributed by atoms with E-state index in [1.165, 1.54) is 0 Å². The SMILES string of the molecule is Cn1nnc(CO)c1C1CCCO1. The van der Waals surface area contributed by atoms with E-state index in [0.29, 0.717) is 5.69 Å². The van der Waals surface area contributed by atoms with Gasteiger partial charge in [-0.05, 0) is 12.8 Å². The molecule has 0 saturated carbocycles. The average molecular weight is 183 g/mol. The highest BCUT2D eigenvalue weighted by Gasteiger charge is 2.24. The van der Waals surface area contributed by atoms with Gasteiger partial charge in [0.2, 0.25) is 0 Å². The maximum atomic E-state index is 9.02. The molecule has 13 heavy (non-hydrogen) atoms. The van der Waals surface area contributed by atoms with Gasteiger partial charge in [-0.25, -0.2) is 4.68 Å². The second kappa shape index (κ2) is 3.43. The van der Waals surface area contributed by atoms with Gasteiger partial charge in [0.1, 0.15) is 11.8 Å². The number of rotatable bonds is 2. The molecular formula is C8H13N3O2. The van der Waals surface area contributed by atoms with E-state index in [4.69, 9.17) is 9.84 Å². The van der Waals surface area contributed by atoms with Crippen molar-refractivity contribution in [3.05, 3.63) is 11.4 Å². The first-order valence-electron chi connectivity index (χ1n) is 4.44. The van der Waals surface area contributed by atoms with Crippen LogP contribution < -0.4 is 0 Å². The fourth-order valence-corrected chi connectivity index (χ4v) is 1.71. The van der Waals surface area contributed by atoms with E-state index in [1.54, 1.807) is 4.68 Å². The monoisotopic (exact) mass is 183 g/mol. The zero-order valence-corrected chi connectivity index (χ0v) is 7.60. The first-order chi connectivity index (χ1) is 6.33. The molecule has 2 heterocycles. The molecule has 5 nitrogen and oxygen atoms in total. The Kier molecular flexibility index (Phi) is 2.28. The fraction of sp³-hybridized carbons (Fsp3) is 0.750. The Morgan fingerprint density at radius 2 is 2.54 bits per heavy atom. The molecule has 1 aliphatic heterocycles. The summed E-state index contributed by atoms with van der Waals surface area (Å²) in [4.78, 5) is 0. The average Bonchev–Trinajstić information content (AvgIpc) is 2.72. The first-order valence-corrected chi connectivity index (χ1v) is 4.44. The van der Waals surface area contributed by atoms with Crippen LogP contribution in [0.2, 0.25) is 0 Å². The predicted octanol–water partition coefficient (Wildman–Crippen LogP) is 0.159. The summed E-state index contributed by atoms with van der Waals surface area (Å²) in [5.41, 5.74) is 1.55. The molecule has 0 radical (unpaired) electrons. The molecular weight excluding hydrogens is 170 g/mol. The van der Waals surface area contributed by atoms with Gasteiger partial charge >= 0.3 is 0 Å². The quantitative estimate of drug-likeness (QED) is 0.709. The molecule has 5 heteroatoms. The lowest BCUT2D eigenvalue weighted by Crippen LogP contribution is -2.06. The third-order valence-electron chi connectivity index (χ3n) is 2.33. The lowest BCUT2D eigenvalue weighted by molar-refractivity contribution is 0.103. The molecule has 1 unspecified atom stereocenters. The van der Waals surface area contributed by atoms with Crippen molar-refractivity contribution < 1.29 is 9.84 Å². The van der Waals surface area contributed by atoms with Crippen LogP contribution in [0.5, 0.6) is 0 Å². The summed E-state index contributed by atoms with van der Waals surface area (Å²) >= 11 is 0. The summed E-state index contributed by atoms with van der Waals surface area (Å²) in [5.74, 6) is 0. The van der Waals surface area contributed by atoms with Gasteiger partial charge in [0, 0.05) is 13.7 Å². The number of aliphatic hydroxyl groups excluding tert-OH is 1. The zero-order chi connectivity index (χ0) is 9.26. The van der Waals surface area contributed by atoms with Crippen LogP contribution in [0.1, 0.15) is 30.3 Å². The van der Waals surface area contributed by atoms with Crippen molar-refractivity contribution in [3.8, 4) is 0 Å². The molecule has 1 saturated heterocycles. The zero-order valence-electron chi connectivity index (χ0n) is 7.60. The Labute approximate surface area is 76.3 Å². The number of ether oxygens (including phenoxy) is 1. The van der Waals surface area contributed by atoms with Gasteiger partial charge in [0.15, 0.2) is 0 Å². The minimum absolute atomic E-state index is 0.0664. The molecule has 2 rings (SSSR count). The summed E-state index contributed by atoms with van der Waals surface area (Å²) in [6.07, 6.45) is 2.14. The predicted molar refractivity (Wildman–Crippen MR) is 44.9 cm³/mol. The normalized spacial score (nSPS) is 22.5. The summed E-state index contributed by atoms with van der Waals surface area (Å²) in [7, 11) is 1.82. The van der Waals surface area contributed by atoms with Crippen LogP contribution in [-0.4, -0.2) is 26.7 Å². The van der Waals surface area contributed by atoms with E-state index in [-0.39, 0.29) is 12.7 Å². The molecule has 1 aromatic rings. The van der Waals surface area contributed by atoms with Crippen LogP contribution in [0.3, 0.4) is 0 Å². The van der Waals surface area contributed by atoms with E-state index in [0.717, 1.165) is 25.1 Å². The standard InChI is InChI=1S/C8H13N3O2/c1-11-8(6(5-12)9-10-11)7-3-2-4-13-7/h7,12H,2-5H2,1H3. The summed E-state index contributed by atoms with van der Waals surface area (Å²) in [6.45, 7) is 0.726. The first kappa shape index (κ1) is 8.65. The molecule has 1 aromatic heterocycles. The summed E-state index contributed by atoms with van der Waals surface area (Å²) in [5, 5.41) is 16.7. The van der Waals surface area contributed by atoms with Gasteiger partial charge in [0.25, 0.3) is 0 Å². The maximum Gasteiger partial charge on any atom is 0.114 e. The minimum Gasteiger partial charge on any atom is -0.390 e. The lowest BCUT2D eigenvalue weighted by Gasteiger charge is -2.09. The van der Waals surface area contributed by atoms with Gasteiger partial charge in [-0.2, -0.15) is 0 Å². The molecule has 72 valence electrons. The molecule has 0 aromatic carbocycles. The molecule has 1 atom stereocenters. The maximum absolute atomic E-state index is 9.02. The molecule has 0 spiro atoms. The van der Waals surface area contributed by atoms with Crippen molar-refractivity contribution in [1.82, 2.24) is 15.0 Å². The van der Waals surface area contributed by atoms with Crippen molar-refractivity contribution in [2.24, 2.45) is 7.05 Å². The van der Waals surface area contributed by atoms with E-state index in [2.05, 4.69) is 10.3 Å². The molecule has 1 fully saturated rings. The van der Waals surface area contributed by atoms with Crippen molar-refractivity contribution in [3.63, 3.8) is 0 Å². The van der Waals surface area contributed by atoms with Crippen molar-refractivity contribution in [2.45, 2.75) is 25.6 Å². The number of hydrogen-bond donors (Lipinski definition) is 1. The van der Waals surface area contributed by atoms with Crippen LogP contribution in [-0.2, 0) is 18.4 Å². The van der Waals surface area contributed by atoms with Crippen molar-refractivity contribution in [1.29, 1.82) is 0 Å². The van der Waals surface area contributed by atoms with Gasteiger partial charge < -0.3 is 9.84 Å². The van der Waals surface area contributed by atoms with Gasteiger partial charge in [-0.3, -0.25) is 0 Å². The van der Waals surface area contributed by atoms with E-state index in [9.17, 15) is 0 Å². The smallest absolute Gasteiger partial charge is 0.114 e. The Morgan fingerprint density at radius 1 is 1.69 bits per heavy atom. The molecule has 0 bridgehead atoms. The number of nitrogens with zero attached hydrogens (tertiary/aromatic N) is 3. The molecule has 1 aliphatic rings. The Balaban J connectivity index is 2.30. The highest BCUT2D eigenvalue weighted by atomic mass is 16.5. The highest BCUT2D eigenvalue weighted by Crippen LogP contribution is 2.29. The van der Waals surface area contributed by atoms with Crippen LogP contribution >= 0.6 is 0 Å². The fourth-order valence-electron chi connectivity index (χ4n) is 1.71. The molecule has 0 amide bonds. The van der Waals surface area contributed by atoms with Crippen LogP contribution in [0.4, 0.5) is 0 Å². The van der Waals surface area contributed by atoms with Crippen LogP contribution in [0.15, 0.2) is 0 Å². The van der Waals surface area contributed by atoms with E-state index >= 15 is 0 Å². The Bertz CT molecular complexity index is 292.